The van der Waals surface area contributed by atoms with Crippen molar-refractivity contribution < 1.29 is 4.79 Å². The molecule has 0 bridgehead atoms. The zero-order valence-corrected chi connectivity index (χ0v) is 14.1. The molecule has 5 nitrogen and oxygen atoms in total. The van der Waals surface area contributed by atoms with Crippen molar-refractivity contribution in [2.75, 3.05) is 6.54 Å². The van der Waals surface area contributed by atoms with E-state index < -0.39 is 0 Å². The Hall–Kier alpha value is -2.53. The van der Waals surface area contributed by atoms with Gasteiger partial charge in [-0.25, -0.2) is 0 Å². The summed E-state index contributed by atoms with van der Waals surface area (Å²) in [7, 11) is 1.82. The number of hydrogen-bond donors (Lipinski definition) is 1. The minimum atomic E-state index is -0.181. The highest BCUT2D eigenvalue weighted by atomic mass is 35.5. The lowest BCUT2D eigenvalue weighted by atomic mass is 10.1. The molecule has 2 aromatic heterocycles. The van der Waals surface area contributed by atoms with Crippen LogP contribution in [0.4, 0.5) is 0 Å². The van der Waals surface area contributed by atoms with Crippen LogP contribution in [-0.4, -0.2) is 21.6 Å². The van der Waals surface area contributed by atoms with Gasteiger partial charge in [0.2, 0.25) is 5.91 Å². The lowest BCUT2D eigenvalue weighted by Crippen LogP contribution is -2.33. The van der Waals surface area contributed by atoms with Crippen LogP contribution in [-0.2, 0) is 24.8 Å². The second-order valence-electron chi connectivity index (χ2n) is 5.71. The Bertz CT molecular complexity index is 926. The van der Waals surface area contributed by atoms with Crippen LogP contribution >= 0.6 is 11.6 Å². The van der Waals surface area contributed by atoms with Gasteiger partial charge >= 0.3 is 0 Å². The van der Waals surface area contributed by atoms with E-state index in [1.165, 1.54) is 4.57 Å². The SMILES string of the molecule is Cn1ccc2ccn(CC(=O)NCCc3ccc(Cl)cc3)c(=O)c21. The van der Waals surface area contributed by atoms with Crippen LogP contribution in [0.15, 0.2) is 53.6 Å². The summed E-state index contributed by atoms with van der Waals surface area (Å²) in [4.78, 5) is 24.5. The maximum absolute atomic E-state index is 12.4. The summed E-state index contributed by atoms with van der Waals surface area (Å²) < 4.78 is 3.20. The number of aryl methyl sites for hydroxylation is 1. The topological polar surface area (TPSA) is 56.0 Å². The number of carbonyl (C=O) groups is 1. The molecule has 3 rings (SSSR count). The predicted octanol–water partition coefficient (Wildman–Crippen LogP) is 2.35. The number of hydrogen-bond acceptors (Lipinski definition) is 2. The number of benzene rings is 1. The molecule has 3 aromatic rings. The minimum Gasteiger partial charge on any atom is -0.354 e. The molecule has 1 amide bonds. The molecule has 124 valence electrons. The fourth-order valence-electron chi connectivity index (χ4n) is 2.66. The van der Waals surface area contributed by atoms with Crippen molar-refractivity contribution in [3.63, 3.8) is 0 Å². The van der Waals surface area contributed by atoms with Crippen molar-refractivity contribution in [2.45, 2.75) is 13.0 Å². The summed E-state index contributed by atoms with van der Waals surface area (Å²) >= 11 is 5.84. The number of carbonyl (C=O) groups excluding carboxylic acids is 1. The summed E-state index contributed by atoms with van der Waals surface area (Å²) in [6, 6.07) is 11.2. The molecule has 0 saturated carbocycles. The van der Waals surface area contributed by atoms with Crippen LogP contribution in [0.3, 0.4) is 0 Å². The number of pyridine rings is 1. The number of aromatic nitrogens is 2. The average molecular weight is 344 g/mol. The normalized spacial score (nSPS) is 10.9. The highest BCUT2D eigenvalue weighted by Crippen LogP contribution is 2.10. The van der Waals surface area contributed by atoms with Crippen molar-refractivity contribution in [3.8, 4) is 0 Å². The predicted molar refractivity (Wildman–Crippen MR) is 95.3 cm³/mol. The Labute approximate surface area is 144 Å². The van der Waals surface area contributed by atoms with Gasteiger partial charge in [0.25, 0.3) is 5.56 Å². The summed E-state index contributed by atoms with van der Waals surface area (Å²) in [5, 5.41) is 4.41. The molecule has 2 heterocycles. The van der Waals surface area contributed by atoms with Crippen LogP contribution in [0.25, 0.3) is 10.9 Å². The number of halogens is 1. The van der Waals surface area contributed by atoms with Crippen molar-refractivity contribution in [1.29, 1.82) is 0 Å². The summed E-state index contributed by atoms with van der Waals surface area (Å²) in [5.41, 5.74) is 1.54. The van der Waals surface area contributed by atoms with Crippen molar-refractivity contribution >= 4 is 28.4 Å². The summed E-state index contributed by atoms with van der Waals surface area (Å²) in [5.74, 6) is -0.181. The van der Waals surface area contributed by atoms with Crippen molar-refractivity contribution in [3.05, 3.63) is 69.7 Å². The maximum Gasteiger partial charge on any atom is 0.275 e. The van der Waals surface area contributed by atoms with Crippen LogP contribution in [0.2, 0.25) is 5.02 Å². The summed E-state index contributed by atoms with van der Waals surface area (Å²) in [6.07, 6.45) is 4.21. The lowest BCUT2D eigenvalue weighted by Gasteiger charge is -2.08. The molecule has 0 atom stereocenters. The third-order valence-electron chi connectivity index (χ3n) is 3.96. The summed E-state index contributed by atoms with van der Waals surface area (Å²) in [6.45, 7) is 0.530. The molecule has 0 saturated heterocycles. The average Bonchev–Trinajstić information content (AvgIpc) is 2.94. The maximum atomic E-state index is 12.4. The molecule has 0 aliphatic carbocycles. The number of nitrogens with zero attached hydrogens (tertiary/aromatic N) is 2. The minimum absolute atomic E-state index is 0.0145. The first-order chi connectivity index (χ1) is 11.5. The van der Waals surface area contributed by atoms with E-state index in [0.29, 0.717) is 23.5 Å². The fourth-order valence-corrected chi connectivity index (χ4v) is 2.79. The smallest absolute Gasteiger partial charge is 0.275 e. The zero-order chi connectivity index (χ0) is 17.1. The highest BCUT2D eigenvalue weighted by Gasteiger charge is 2.09. The number of amides is 1. The van der Waals surface area contributed by atoms with E-state index >= 15 is 0 Å². The Morgan fingerprint density at radius 3 is 2.58 bits per heavy atom. The molecule has 0 radical (unpaired) electrons. The molecule has 0 aliphatic heterocycles. The third kappa shape index (κ3) is 3.51. The standard InChI is InChI=1S/C18H18ClN3O2/c1-21-10-7-14-8-11-22(18(24)17(14)21)12-16(23)20-9-6-13-2-4-15(19)5-3-13/h2-5,7-8,10-11H,6,9,12H2,1H3,(H,20,23). The quantitative estimate of drug-likeness (QED) is 0.773. The molecule has 0 aliphatic rings. The van der Waals surface area contributed by atoms with Gasteiger partial charge in [0, 0.05) is 36.4 Å². The molecular weight excluding hydrogens is 326 g/mol. The van der Waals surface area contributed by atoms with Gasteiger partial charge in [-0.2, -0.15) is 0 Å². The van der Waals surface area contributed by atoms with Gasteiger partial charge in [-0.1, -0.05) is 23.7 Å². The van der Waals surface area contributed by atoms with Crippen molar-refractivity contribution in [2.24, 2.45) is 7.05 Å². The van der Waals surface area contributed by atoms with E-state index in [9.17, 15) is 9.59 Å². The van der Waals surface area contributed by atoms with Gasteiger partial charge in [0.1, 0.15) is 12.1 Å². The Morgan fingerprint density at radius 1 is 1.12 bits per heavy atom. The zero-order valence-electron chi connectivity index (χ0n) is 13.3. The van der Waals surface area contributed by atoms with Crippen LogP contribution < -0.4 is 10.9 Å². The van der Waals surface area contributed by atoms with Crippen LogP contribution in [0.1, 0.15) is 5.56 Å². The third-order valence-corrected chi connectivity index (χ3v) is 4.22. The van der Waals surface area contributed by atoms with Gasteiger partial charge in [0.15, 0.2) is 0 Å². The number of fused-ring (bicyclic) bond motifs is 1. The molecule has 24 heavy (non-hydrogen) atoms. The van der Waals surface area contributed by atoms with Crippen LogP contribution in [0, 0.1) is 0 Å². The van der Waals surface area contributed by atoms with Gasteiger partial charge in [-0.05, 0) is 36.2 Å². The number of rotatable bonds is 5. The second kappa shape index (κ2) is 6.93. The Morgan fingerprint density at radius 2 is 1.83 bits per heavy atom. The van der Waals surface area contributed by atoms with Crippen molar-refractivity contribution in [1.82, 2.24) is 14.5 Å². The van der Waals surface area contributed by atoms with Gasteiger partial charge < -0.3 is 14.5 Å². The largest absolute Gasteiger partial charge is 0.354 e. The van der Waals surface area contributed by atoms with E-state index in [4.69, 9.17) is 11.6 Å². The Balaban J connectivity index is 1.61. The molecule has 0 spiro atoms. The van der Waals surface area contributed by atoms with Gasteiger partial charge in [-0.3, -0.25) is 9.59 Å². The second-order valence-corrected chi connectivity index (χ2v) is 6.14. The molecule has 1 aromatic carbocycles. The van der Waals surface area contributed by atoms with Crippen LogP contribution in [0.5, 0.6) is 0 Å². The first-order valence-electron chi connectivity index (χ1n) is 7.70. The Kier molecular flexibility index (Phi) is 4.71. The van der Waals surface area contributed by atoms with Gasteiger partial charge in [-0.15, -0.1) is 0 Å². The molecule has 0 fully saturated rings. The van der Waals surface area contributed by atoms with E-state index in [-0.39, 0.29) is 18.0 Å². The first-order valence-corrected chi connectivity index (χ1v) is 8.08. The molecular formula is C18H18ClN3O2. The number of nitrogens with one attached hydrogen (secondary N) is 1. The van der Waals surface area contributed by atoms with E-state index in [1.807, 2.05) is 49.6 Å². The lowest BCUT2D eigenvalue weighted by molar-refractivity contribution is -0.121. The highest BCUT2D eigenvalue weighted by molar-refractivity contribution is 6.30. The van der Waals surface area contributed by atoms with E-state index in [2.05, 4.69) is 5.32 Å². The first kappa shape index (κ1) is 16.3. The molecule has 6 heteroatoms. The van der Waals surface area contributed by atoms with E-state index in [1.54, 1.807) is 10.8 Å². The molecule has 0 unspecified atom stereocenters. The van der Waals surface area contributed by atoms with Gasteiger partial charge in [0.05, 0.1) is 0 Å². The molecule has 1 N–H and O–H groups in total. The van der Waals surface area contributed by atoms with E-state index in [0.717, 1.165) is 10.9 Å². The monoisotopic (exact) mass is 343 g/mol. The fraction of sp³-hybridized carbons (Fsp3) is 0.222.